The zero-order valence-corrected chi connectivity index (χ0v) is 19.6. The van der Waals surface area contributed by atoms with Gasteiger partial charge in [-0.05, 0) is 35.0 Å². The topological polar surface area (TPSA) is 114 Å². The summed E-state index contributed by atoms with van der Waals surface area (Å²) in [6.45, 7) is 0.503. The van der Waals surface area contributed by atoms with E-state index < -0.39 is 5.82 Å². The largest absolute Gasteiger partial charge is 0.385 e. The quantitative estimate of drug-likeness (QED) is 0.323. The van der Waals surface area contributed by atoms with Crippen molar-refractivity contribution in [2.45, 2.75) is 12.5 Å². The van der Waals surface area contributed by atoms with Gasteiger partial charge in [0.25, 0.3) is 0 Å². The van der Waals surface area contributed by atoms with Crippen LogP contribution in [0.5, 0.6) is 0 Å². The first-order valence-corrected chi connectivity index (χ1v) is 11.0. The Balaban J connectivity index is 1.51. The molecule has 0 saturated heterocycles. The van der Waals surface area contributed by atoms with Crippen LogP contribution >= 0.6 is 11.6 Å². The molecule has 0 N–H and O–H groups in total. The fourth-order valence-electron chi connectivity index (χ4n) is 3.86. The molecule has 5 rings (SSSR count). The number of hydrogen-bond acceptors (Lipinski definition) is 8. The van der Waals surface area contributed by atoms with E-state index in [-0.39, 0.29) is 16.6 Å². The maximum atomic E-state index is 15.1. The third-order valence-electron chi connectivity index (χ3n) is 5.61. The monoisotopic (exact) mass is 494 g/mol. The lowest BCUT2D eigenvalue weighted by Gasteiger charge is -2.18. The minimum Gasteiger partial charge on any atom is -0.385 e. The van der Waals surface area contributed by atoms with Crippen molar-refractivity contribution in [3.63, 3.8) is 0 Å². The van der Waals surface area contributed by atoms with Gasteiger partial charge in [0.05, 0.1) is 40.5 Å². The molecule has 0 fully saturated rings. The summed E-state index contributed by atoms with van der Waals surface area (Å²) in [5.74, 6) is -0.577. The van der Waals surface area contributed by atoms with Gasteiger partial charge in [0.2, 0.25) is 0 Å². The number of hydrogen-bond donors (Lipinski definition) is 0. The molecule has 5 aromatic rings. The van der Waals surface area contributed by atoms with E-state index in [1.807, 2.05) is 24.0 Å². The Hall–Kier alpha value is -4.03. The van der Waals surface area contributed by atoms with E-state index in [9.17, 15) is 0 Å². The van der Waals surface area contributed by atoms with Gasteiger partial charge in [-0.25, -0.2) is 9.07 Å². The summed E-state index contributed by atoms with van der Waals surface area (Å²) in [6, 6.07) is 6.55. The number of aryl methyl sites for hydroxylation is 1. The number of halogens is 2. The van der Waals surface area contributed by atoms with Crippen LogP contribution in [0.15, 0.2) is 55.4 Å². The molecule has 4 aromatic heterocycles. The van der Waals surface area contributed by atoms with Gasteiger partial charge in [-0.2, -0.15) is 9.78 Å². The minimum absolute atomic E-state index is 0.00685. The molecular formula is C22H20ClFN10O. The first kappa shape index (κ1) is 22.7. The van der Waals surface area contributed by atoms with Crippen molar-refractivity contribution in [2.75, 3.05) is 13.7 Å². The number of tetrazole rings is 1. The zero-order chi connectivity index (χ0) is 24.4. The number of rotatable bonds is 8. The Bertz CT molecular complexity index is 1430. The average Bonchev–Trinajstić information content (AvgIpc) is 3.64. The van der Waals surface area contributed by atoms with Crippen LogP contribution in [-0.2, 0) is 11.8 Å². The first-order valence-electron chi connectivity index (χ1n) is 10.6. The Morgan fingerprint density at radius 2 is 1.94 bits per heavy atom. The van der Waals surface area contributed by atoms with Crippen molar-refractivity contribution in [1.29, 1.82) is 0 Å². The summed E-state index contributed by atoms with van der Waals surface area (Å²) in [5, 5.41) is 23.6. The highest BCUT2D eigenvalue weighted by Gasteiger charge is 2.21. The van der Waals surface area contributed by atoms with E-state index >= 15 is 4.39 Å². The summed E-state index contributed by atoms with van der Waals surface area (Å²) in [4.78, 5) is 4.65. The maximum Gasteiger partial charge on any atom is 0.151 e. The molecule has 0 aliphatic carbocycles. The molecule has 1 unspecified atom stereocenters. The van der Waals surface area contributed by atoms with Crippen molar-refractivity contribution < 1.29 is 9.13 Å². The summed E-state index contributed by atoms with van der Waals surface area (Å²) in [6.07, 6.45) is 8.98. The van der Waals surface area contributed by atoms with E-state index in [4.69, 9.17) is 16.3 Å². The molecule has 0 aliphatic rings. The zero-order valence-electron chi connectivity index (χ0n) is 18.8. The molecule has 1 atom stereocenters. The second-order valence-electron chi connectivity index (χ2n) is 7.73. The predicted octanol–water partition coefficient (Wildman–Crippen LogP) is 3.13. The van der Waals surface area contributed by atoms with Gasteiger partial charge in [-0.1, -0.05) is 22.9 Å². The smallest absolute Gasteiger partial charge is 0.151 e. The number of ether oxygens (including phenoxy) is 1. The molecule has 13 heteroatoms. The summed E-state index contributed by atoms with van der Waals surface area (Å²) in [7, 11) is 3.47. The lowest BCUT2D eigenvalue weighted by atomic mass is 10.0. The number of methoxy groups -OCH3 is 1. The van der Waals surface area contributed by atoms with Crippen LogP contribution < -0.4 is 0 Å². The lowest BCUT2D eigenvalue weighted by Crippen LogP contribution is -2.15. The summed E-state index contributed by atoms with van der Waals surface area (Å²) < 4.78 is 25.3. The molecule has 178 valence electrons. The summed E-state index contributed by atoms with van der Waals surface area (Å²) >= 11 is 6.08. The highest BCUT2D eigenvalue weighted by Crippen LogP contribution is 2.34. The van der Waals surface area contributed by atoms with E-state index in [1.165, 1.54) is 17.1 Å². The highest BCUT2D eigenvalue weighted by molar-refractivity contribution is 6.31. The van der Waals surface area contributed by atoms with Crippen LogP contribution in [0.3, 0.4) is 0 Å². The van der Waals surface area contributed by atoms with Crippen LogP contribution in [0.2, 0.25) is 5.02 Å². The van der Waals surface area contributed by atoms with Crippen LogP contribution in [0.25, 0.3) is 28.1 Å². The van der Waals surface area contributed by atoms with Crippen LogP contribution in [-0.4, -0.2) is 63.7 Å². The van der Waals surface area contributed by atoms with Gasteiger partial charge < -0.3 is 4.74 Å². The molecule has 4 heterocycles. The molecular weight excluding hydrogens is 475 g/mol. The molecule has 0 saturated carbocycles. The normalized spacial score (nSPS) is 12.2. The third-order valence-corrected chi connectivity index (χ3v) is 5.90. The van der Waals surface area contributed by atoms with E-state index in [0.29, 0.717) is 24.3 Å². The van der Waals surface area contributed by atoms with Gasteiger partial charge >= 0.3 is 0 Å². The van der Waals surface area contributed by atoms with Gasteiger partial charge in [-0.3, -0.25) is 9.67 Å². The Labute approximate surface area is 204 Å². The lowest BCUT2D eigenvalue weighted by molar-refractivity contribution is 0.181. The van der Waals surface area contributed by atoms with Crippen molar-refractivity contribution >= 4 is 11.6 Å². The van der Waals surface area contributed by atoms with Gasteiger partial charge in [0.15, 0.2) is 5.82 Å². The van der Waals surface area contributed by atoms with E-state index in [2.05, 4.69) is 35.9 Å². The molecule has 35 heavy (non-hydrogen) atoms. The minimum atomic E-state index is -0.577. The fraction of sp³-hybridized carbons (Fsp3) is 0.227. The SMILES string of the molecule is COCCC(c1ccc(-c2c(-n3cnnn3)ccc(Cl)c2F)cn1)n1cc(-c2cnnn2C)cn1. The van der Waals surface area contributed by atoms with Gasteiger partial charge in [0.1, 0.15) is 6.33 Å². The first-order chi connectivity index (χ1) is 17.1. The van der Waals surface area contributed by atoms with Crippen LogP contribution in [0.4, 0.5) is 4.39 Å². The maximum absolute atomic E-state index is 15.1. The number of benzene rings is 1. The number of nitrogens with zero attached hydrogens (tertiary/aromatic N) is 10. The highest BCUT2D eigenvalue weighted by atomic mass is 35.5. The number of aromatic nitrogens is 10. The third kappa shape index (κ3) is 4.40. The van der Waals surface area contributed by atoms with E-state index in [0.717, 1.165) is 17.0 Å². The van der Waals surface area contributed by atoms with Crippen LogP contribution in [0.1, 0.15) is 18.2 Å². The standard InChI is InChI=1S/C22H20ClFN10O/c1-32-20(11-26-30-32)15-10-28-33(12-15)18(7-8-35-2)17-5-3-14(9-25-17)21-19(34-13-27-29-31-34)6-4-16(23)22(21)24/h3-6,9-13,18H,7-8H2,1-2H3. The van der Waals surface area contributed by atoms with Crippen LogP contribution in [0, 0.1) is 5.82 Å². The molecule has 0 spiro atoms. The fourth-order valence-corrected chi connectivity index (χ4v) is 4.02. The Morgan fingerprint density at radius 1 is 1.06 bits per heavy atom. The Morgan fingerprint density at radius 3 is 2.63 bits per heavy atom. The van der Waals surface area contributed by atoms with Gasteiger partial charge in [-0.15, -0.1) is 10.2 Å². The van der Waals surface area contributed by atoms with Crippen molar-refractivity contribution in [2.24, 2.45) is 7.05 Å². The Kier molecular flexibility index (Phi) is 6.29. The van der Waals surface area contributed by atoms with Crippen molar-refractivity contribution in [3.8, 4) is 28.1 Å². The van der Waals surface area contributed by atoms with E-state index in [1.54, 1.807) is 42.5 Å². The molecule has 0 bridgehead atoms. The molecule has 0 aliphatic heterocycles. The predicted molar refractivity (Wildman–Crippen MR) is 124 cm³/mol. The molecule has 1 aromatic carbocycles. The molecule has 0 amide bonds. The second kappa shape index (κ2) is 9.68. The van der Waals surface area contributed by atoms with Crippen molar-refractivity contribution in [3.05, 3.63) is 71.9 Å². The molecule has 0 radical (unpaired) electrons. The molecule has 11 nitrogen and oxygen atoms in total. The van der Waals surface area contributed by atoms with Crippen molar-refractivity contribution in [1.82, 2.24) is 50.0 Å². The second-order valence-corrected chi connectivity index (χ2v) is 8.14. The summed E-state index contributed by atoms with van der Waals surface area (Å²) in [5.41, 5.74) is 3.70. The number of pyridine rings is 1. The average molecular weight is 495 g/mol. The van der Waals surface area contributed by atoms with Gasteiger partial charge in [0, 0.05) is 49.8 Å².